The lowest BCUT2D eigenvalue weighted by molar-refractivity contribution is -0.243. The lowest BCUT2D eigenvalue weighted by atomic mass is 10.9. The lowest BCUT2D eigenvalue weighted by Crippen LogP contribution is -2.42. The molecule has 0 aromatic carbocycles. The summed E-state index contributed by atoms with van der Waals surface area (Å²) in [7, 11) is 0. The first-order chi connectivity index (χ1) is 4.50. The number of nitrogens with one attached hydrogen (secondary N) is 1. The van der Waals surface area contributed by atoms with E-state index in [2.05, 4.69) is 21.4 Å². The molecule has 0 saturated carbocycles. The molecule has 0 spiro atoms. The van der Waals surface area contributed by atoms with Gasteiger partial charge in [0.05, 0.1) is 6.20 Å². The van der Waals surface area contributed by atoms with Crippen molar-refractivity contribution in [2.75, 3.05) is 0 Å². The van der Waals surface area contributed by atoms with E-state index in [0.717, 1.165) is 6.20 Å². The predicted octanol–water partition coefficient (Wildman–Crippen LogP) is 1.04. The number of nitrogens with zero attached hydrogens (tertiary/aromatic N) is 2. The molecule has 0 saturated heterocycles. The van der Waals surface area contributed by atoms with Gasteiger partial charge in [0.1, 0.15) is 4.61 Å². The van der Waals surface area contributed by atoms with E-state index in [9.17, 15) is 13.2 Å². The van der Waals surface area contributed by atoms with Crippen LogP contribution in [0.25, 0.3) is 0 Å². The molecule has 1 rings (SSSR count). The fourth-order valence-corrected chi connectivity index (χ4v) is 0.680. The second kappa shape index (κ2) is 2.31. The Morgan fingerprint density at radius 2 is 2.20 bits per heavy atom. The number of halogens is 4. The summed E-state index contributed by atoms with van der Waals surface area (Å²) in [5.41, 5.74) is 4.96. The fraction of sp³-hybridized carbons (Fsp3) is 0.333. The molecular formula is C3H2BrF3N3. The van der Waals surface area contributed by atoms with Crippen molar-refractivity contribution in [2.45, 2.75) is 6.30 Å². The van der Waals surface area contributed by atoms with Crippen molar-refractivity contribution >= 4 is 15.9 Å². The van der Waals surface area contributed by atoms with Crippen molar-refractivity contribution in [3.05, 3.63) is 10.8 Å². The van der Waals surface area contributed by atoms with Crippen LogP contribution in [0.4, 0.5) is 13.2 Å². The van der Waals surface area contributed by atoms with Crippen LogP contribution in [0.5, 0.6) is 0 Å². The summed E-state index contributed by atoms with van der Waals surface area (Å²) in [6.45, 7) is 0. The average molecular weight is 217 g/mol. The van der Waals surface area contributed by atoms with Crippen LogP contribution in [0.1, 0.15) is 0 Å². The molecule has 0 amide bonds. The number of rotatable bonds is 0. The minimum Gasteiger partial charge on any atom is -0.201 e. The van der Waals surface area contributed by atoms with E-state index in [1.807, 2.05) is 0 Å². The molecule has 3 nitrogen and oxygen atoms in total. The minimum absolute atomic E-state index is 0.0584. The Balaban J connectivity index is 2.61. The first kappa shape index (κ1) is 7.67. The zero-order valence-electron chi connectivity index (χ0n) is 4.48. The van der Waals surface area contributed by atoms with Crippen molar-refractivity contribution in [3.63, 3.8) is 0 Å². The van der Waals surface area contributed by atoms with Crippen LogP contribution in [-0.4, -0.2) is 11.3 Å². The number of alkyl halides is 3. The number of hydrazine groups is 1. The maximum Gasteiger partial charge on any atom is 0.500 e. The first-order valence-electron chi connectivity index (χ1n) is 2.20. The summed E-state index contributed by atoms with van der Waals surface area (Å²) >= 11 is 2.76. The van der Waals surface area contributed by atoms with Gasteiger partial charge in [-0.2, -0.15) is 5.43 Å². The number of hydrogen-bond acceptors (Lipinski definition) is 2. The number of hydrogen-bond donors (Lipinski definition) is 1. The van der Waals surface area contributed by atoms with Gasteiger partial charge in [-0.3, -0.25) is 0 Å². The van der Waals surface area contributed by atoms with E-state index in [-0.39, 0.29) is 9.62 Å². The van der Waals surface area contributed by atoms with E-state index in [1.54, 1.807) is 5.53 Å². The van der Waals surface area contributed by atoms with Gasteiger partial charge in [0, 0.05) is 0 Å². The molecule has 1 heterocycles. The summed E-state index contributed by atoms with van der Waals surface area (Å²) < 4.78 is 35.1. The van der Waals surface area contributed by atoms with Gasteiger partial charge in [-0.25, -0.2) is 5.01 Å². The second-order valence-corrected chi connectivity index (χ2v) is 2.31. The van der Waals surface area contributed by atoms with E-state index in [0.29, 0.717) is 0 Å². The molecule has 1 N–H and O–H groups in total. The van der Waals surface area contributed by atoms with Gasteiger partial charge in [0.2, 0.25) is 0 Å². The summed E-state index contributed by atoms with van der Waals surface area (Å²) in [5, 5.41) is -0.0584. The van der Waals surface area contributed by atoms with Crippen molar-refractivity contribution in [1.82, 2.24) is 16.0 Å². The summed E-state index contributed by atoms with van der Waals surface area (Å²) in [6.07, 6.45) is -3.63. The molecule has 0 unspecified atom stereocenters. The van der Waals surface area contributed by atoms with Crippen LogP contribution in [0, 0.1) is 0 Å². The Morgan fingerprint density at radius 1 is 1.60 bits per heavy atom. The van der Waals surface area contributed by atoms with Gasteiger partial charge in [0.15, 0.2) is 0 Å². The topological polar surface area (TPSA) is 29.4 Å². The Labute approximate surface area is 62.9 Å². The van der Waals surface area contributed by atoms with Gasteiger partial charge < -0.3 is 0 Å². The van der Waals surface area contributed by atoms with Crippen molar-refractivity contribution < 1.29 is 13.2 Å². The van der Waals surface area contributed by atoms with Crippen LogP contribution < -0.4 is 11.0 Å². The normalized spacial score (nSPS) is 18.8. The molecule has 7 heteroatoms. The Morgan fingerprint density at radius 3 is 2.40 bits per heavy atom. The summed E-state index contributed by atoms with van der Waals surface area (Å²) in [5.74, 6) is 0. The molecule has 1 aliphatic rings. The third kappa shape index (κ3) is 1.54. The maximum absolute atomic E-state index is 11.7. The molecule has 0 bridgehead atoms. The molecular weight excluding hydrogens is 215 g/mol. The van der Waals surface area contributed by atoms with Crippen LogP contribution in [0.15, 0.2) is 10.8 Å². The zero-order chi connectivity index (χ0) is 7.78. The average Bonchev–Trinajstić information content (AvgIpc) is 2.11. The Hall–Kier alpha value is -0.430. The largest absolute Gasteiger partial charge is 0.500 e. The molecule has 0 atom stereocenters. The quantitative estimate of drug-likeness (QED) is 0.614. The van der Waals surface area contributed by atoms with E-state index < -0.39 is 6.30 Å². The summed E-state index contributed by atoms with van der Waals surface area (Å²) in [6, 6.07) is 0. The van der Waals surface area contributed by atoms with Crippen molar-refractivity contribution in [2.24, 2.45) is 0 Å². The molecule has 1 radical (unpaired) electrons. The van der Waals surface area contributed by atoms with Crippen molar-refractivity contribution in [3.8, 4) is 0 Å². The van der Waals surface area contributed by atoms with Gasteiger partial charge in [-0.15, -0.1) is 18.7 Å². The fourth-order valence-electron chi connectivity index (χ4n) is 0.396. The van der Waals surface area contributed by atoms with Crippen LogP contribution in [0.3, 0.4) is 0 Å². The molecule has 1 aliphatic heterocycles. The first-order valence-corrected chi connectivity index (χ1v) is 2.99. The van der Waals surface area contributed by atoms with E-state index in [1.165, 1.54) is 0 Å². The van der Waals surface area contributed by atoms with Crippen LogP contribution in [-0.2, 0) is 0 Å². The SMILES string of the molecule is FC(F)(F)N1C=C(Br)[N]N1. The molecule has 0 aromatic rings. The highest BCUT2D eigenvalue weighted by Crippen LogP contribution is 2.23. The van der Waals surface area contributed by atoms with Gasteiger partial charge in [-0.1, -0.05) is 0 Å². The second-order valence-electron chi connectivity index (χ2n) is 1.50. The van der Waals surface area contributed by atoms with E-state index >= 15 is 0 Å². The van der Waals surface area contributed by atoms with Gasteiger partial charge >= 0.3 is 6.30 Å². The third-order valence-corrected chi connectivity index (χ3v) is 1.16. The molecule has 57 valence electrons. The van der Waals surface area contributed by atoms with Gasteiger partial charge in [-0.05, 0) is 15.9 Å². The highest BCUT2D eigenvalue weighted by molar-refractivity contribution is 9.11. The standard InChI is InChI=1S/C3H2BrF3N3/c4-2-1-10(9-8-2)3(5,6)7/h1,9H. The van der Waals surface area contributed by atoms with Crippen LogP contribution in [0.2, 0.25) is 0 Å². The highest BCUT2D eigenvalue weighted by atomic mass is 79.9. The Kier molecular flexibility index (Phi) is 1.78. The third-order valence-electron chi connectivity index (χ3n) is 0.773. The monoisotopic (exact) mass is 216 g/mol. The molecule has 0 aliphatic carbocycles. The lowest BCUT2D eigenvalue weighted by Gasteiger charge is -2.16. The van der Waals surface area contributed by atoms with Gasteiger partial charge in [0.25, 0.3) is 0 Å². The van der Waals surface area contributed by atoms with E-state index in [4.69, 9.17) is 0 Å². The molecule has 0 fully saturated rings. The van der Waals surface area contributed by atoms with Crippen molar-refractivity contribution in [1.29, 1.82) is 0 Å². The van der Waals surface area contributed by atoms with Crippen LogP contribution >= 0.6 is 15.9 Å². The summed E-state index contributed by atoms with van der Waals surface area (Å²) in [4.78, 5) is 0. The smallest absolute Gasteiger partial charge is 0.201 e. The maximum atomic E-state index is 11.7. The molecule has 10 heavy (non-hydrogen) atoms. The predicted molar refractivity (Wildman–Crippen MR) is 30.2 cm³/mol. The zero-order valence-corrected chi connectivity index (χ0v) is 6.07. The Bertz CT molecular complexity index is 165. The highest BCUT2D eigenvalue weighted by Gasteiger charge is 2.38. The minimum atomic E-state index is -4.42. The molecule has 0 aromatic heterocycles.